The van der Waals surface area contributed by atoms with Crippen molar-refractivity contribution in [2.45, 2.75) is 43.6 Å². The Balaban J connectivity index is 1.17. The van der Waals surface area contributed by atoms with Gasteiger partial charge in [-0.25, -0.2) is 4.39 Å². The number of halogens is 2. The minimum absolute atomic E-state index is 0.000771. The van der Waals surface area contributed by atoms with Crippen molar-refractivity contribution in [2.75, 3.05) is 38.1 Å². The molecule has 7 heteroatoms. The van der Waals surface area contributed by atoms with Crippen LogP contribution < -0.4 is 4.90 Å². The van der Waals surface area contributed by atoms with E-state index in [9.17, 15) is 14.0 Å². The van der Waals surface area contributed by atoms with Crippen LogP contribution in [0.4, 0.5) is 10.1 Å². The van der Waals surface area contributed by atoms with Crippen LogP contribution in [0.1, 0.15) is 42.9 Å². The van der Waals surface area contributed by atoms with Gasteiger partial charge in [-0.1, -0.05) is 54.1 Å². The molecule has 1 spiro atoms. The summed E-state index contributed by atoms with van der Waals surface area (Å²) in [6, 6.07) is 22.4. The number of likely N-dealkylation sites (tertiary alicyclic amines) is 1. The fraction of sp³-hybridized carbons (Fsp3) is 0.394. The van der Waals surface area contributed by atoms with E-state index in [4.69, 9.17) is 11.6 Å². The Hall–Kier alpha value is -3.22. The second-order valence-corrected chi connectivity index (χ2v) is 12.3. The second-order valence-electron chi connectivity index (χ2n) is 11.9. The van der Waals surface area contributed by atoms with E-state index in [2.05, 4.69) is 23.1 Å². The van der Waals surface area contributed by atoms with Crippen molar-refractivity contribution >= 4 is 29.1 Å². The zero-order valence-corrected chi connectivity index (χ0v) is 23.8. The summed E-state index contributed by atoms with van der Waals surface area (Å²) in [6.45, 7) is 5.56. The Labute approximate surface area is 240 Å². The van der Waals surface area contributed by atoms with E-state index >= 15 is 0 Å². The molecule has 2 atom stereocenters. The summed E-state index contributed by atoms with van der Waals surface area (Å²) >= 11 is 6.20. The summed E-state index contributed by atoms with van der Waals surface area (Å²) < 4.78 is 13.4. The predicted molar refractivity (Wildman–Crippen MR) is 156 cm³/mol. The molecule has 3 aromatic carbocycles. The first-order valence-electron chi connectivity index (χ1n) is 14.1. The number of nitrogens with zero attached hydrogens (tertiary/aromatic N) is 3. The lowest BCUT2D eigenvalue weighted by molar-refractivity contribution is -0.133. The molecule has 0 unspecified atom stereocenters. The number of piperidine rings is 1. The molecule has 6 rings (SSSR count). The highest BCUT2D eigenvalue weighted by atomic mass is 35.5. The first-order valence-corrected chi connectivity index (χ1v) is 14.5. The monoisotopic (exact) mass is 559 g/mol. The largest absolute Gasteiger partial charge is 0.341 e. The summed E-state index contributed by atoms with van der Waals surface area (Å²) in [5, 5.41) is 0.654. The molecule has 2 fully saturated rings. The number of benzene rings is 3. The molecule has 2 aliphatic heterocycles. The highest BCUT2D eigenvalue weighted by molar-refractivity contribution is 6.30. The molecule has 0 radical (unpaired) electrons. The van der Waals surface area contributed by atoms with E-state index in [0.29, 0.717) is 11.6 Å². The molecule has 1 saturated heterocycles. The Bertz CT molecular complexity index is 1420. The van der Waals surface area contributed by atoms with Gasteiger partial charge in [-0.3, -0.25) is 9.59 Å². The standard InChI is InChI=1S/C33H35ClFN3O2/c1-23(39)38-22-32(29-5-3-4-6-30(29)38)15-17-37(18-16-32)21-26-19-33(26,25-9-11-27(34)12-10-25)31(40)36(2)20-24-7-13-28(35)14-8-24/h3-14,26H,15-22H2,1-2H3/t26-,33+/m0/s1. The molecule has 3 aromatic rings. The average Bonchev–Trinajstić information content (AvgIpc) is 3.58. The molecule has 0 aromatic heterocycles. The van der Waals surface area contributed by atoms with Crippen LogP contribution in [-0.4, -0.2) is 54.8 Å². The number of para-hydroxylation sites is 1. The number of fused-ring (bicyclic) bond motifs is 2. The van der Waals surface area contributed by atoms with Gasteiger partial charge in [-0.15, -0.1) is 0 Å². The van der Waals surface area contributed by atoms with Crippen molar-refractivity contribution in [2.24, 2.45) is 5.92 Å². The third-order valence-corrected chi connectivity index (χ3v) is 9.68. The van der Waals surface area contributed by atoms with E-state index < -0.39 is 5.41 Å². The fourth-order valence-electron chi connectivity index (χ4n) is 7.13. The Morgan fingerprint density at radius 1 is 1.00 bits per heavy atom. The molecule has 3 aliphatic rings. The molecule has 0 bridgehead atoms. The molecule has 1 saturated carbocycles. The fourth-order valence-corrected chi connectivity index (χ4v) is 7.25. The second kappa shape index (κ2) is 10.3. The van der Waals surface area contributed by atoms with E-state index in [-0.39, 0.29) is 29.0 Å². The van der Waals surface area contributed by atoms with Crippen LogP contribution in [-0.2, 0) is 27.0 Å². The minimum Gasteiger partial charge on any atom is -0.341 e. The summed E-state index contributed by atoms with van der Waals surface area (Å²) in [4.78, 5) is 32.6. The molecule has 1 aliphatic carbocycles. The highest BCUT2D eigenvalue weighted by Gasteiger charge is 2.62. The first-order chi connectivity index (χ1) is 19.2. The van der Waals surface area contributed by atoms with Gasteiger partial charge in [0.05, 0.1) is 5.41 Å². The predicted octanol–water partition coefficient (Wildman–Crippen LogP) is 5.80. The van der Waals surface area contributed by atoms with Gasteiger partial charge in [0, 0.05) is 49.7 Å². The van der Waals surface area contributed by atoms with E-state index in [1.165, 1.54) is 17.7 Å². The lowest BCUT2D eigenvalue weighted by Gasteiger charge is -2.40. The summed E-state index contributed by atoms with van der Waals surface area (Å²) in [7, 11) is 1.84. The maximum Gasteiger partial charge on any atom is 0.233 e. The van der Waals surface area contributed by atoms with Gasteiger partial charge >= 0.3 is 0 Å². The quantitative estimate of drug-likeness (QED) is 0.384. The number of likely N-dealkylation sites (N-methyl/N-ethyl adjacent to an activating group) is 1. The van der Waals surface area contributed by atoms with Crippen molar-refractivity contribution in [3.05, 3.63) is 100 Å². The topological polar surface area (TPSA) is 43.9 Å². The van der Waals surface area contributed by atoms with E-state index in [0.717, 1.165) is 62.3 Å². The van der Waals surface area contributed by atoms with Crippen LogP contribution in [0.25, 0.3) is 0 Å². The average molecular weight is 560 g/mol. The third-order valence-electron chi connectivity index (χ3n) is 9.42. The lowest BCUT2D eigenvalue weighted by atomic mass is 9.74. The molecule has 5 nitrogen and oxygen atoms in total. The Kier molecular flexibility index (Phi) is 6.96. The van der Waals surface area contributed by atoms with Gasteiger partial charge in [0.1, 0.15) is 5.82 Å². The number of hydrogen-bond donors (Lipinski definition) is 0. The molecule has 208 valence electrons. The molecule has 40 heavy (non-hydrogen) atoms. The molecule has 2 amide bonds. The van der Waals surface area contributed by atoms with Gasteiger partial charge < -0.3 is 14.7 Å². The third kappa shape index (κ3) is 4.71. The van der Waals surface area contributed by atoms with Crippen LogP contribution in [0, 0.1) is 11.7 Å². The van der Waals surface area contributed by atoms with Gasteiger partial charge in [-0.2, -0.15) is 0 Å². The Morgan fingerprint density at radius 3 is 2.35 bits per heavy atom. The summed E-state index contributed by atoms with van der Waals surface area (Å²) in [5.41, 5.74) is 3.68. The SMILES string of the molecule is CC(=O)N1CC2(CCN(C[C@@H]3C[C@@]3(C(=O)N(C)Cc3ccc(F)cc3)c3ccc(Cl)cc3)CC2)c2ccccc21. The van der Waals surface area contributed by atoms with Crippen molar-refractivity contribution in [3.8, 4) is 0 Å². The minimum atomic E-state index is -0.583. The molecular formula is C33H35ClFN3O2. The smallest absolute Gasteiger partial charge is 0.233 e. The van der Waals surface area contributed by atoms with Gasteiger partial charge in [0.2, 0.25) is 11.8 Å². The van der Waals surface area contributed by atoms with E-state index in [1.54, 1.807) is 24.0 Å². The maximum absolute atomic E-state index is 14.0. The summed E-state index contributed by atoms with van der Waals surface area (Å²) in [5.74, 6) is 0.117. The lowest BCUT2D eigenvalue weighted by Crippen LogP contribution is -2.47. The number of carbonyl (C=O) groups is 2. The van der Waals surface area contributed by atoms with Gasteiger partial charge in [0.15, 0.2) is 0 Å². The highest BCUT2D eigenvalue weighted by Crippen LogP contribution is 2.56. The van der Waals surface area contributed by atoms with Crippen LogP contribution in [0.15, 0.2) is 72.8 Å². The number of rotatable bonds is 6. The maximum atomic E-state index is 14.0. The van der Waals surface area contributed by atoms with Crippen molar-refractivity contribution in [1.29, 1.82) is 0 Å². The number of hydrogen-bond acceptors (Lipinski definition) is 3. The Morgan fingerprint density at radius 2 is 1.68 bits per heavy atom. The molecule has 2 heterocycles. The van der Waals surface area contributed by atoms with Gasteiger partial charge in [-0.05, 0) is 85.3 Å². The normalized spacial score (nSPS) is 23.2. The van der Waals surface area contributed by atoms with E-state index in [1.807, 2.05) is 42.3 Å². The number of amides is 2. The van der Waals surface area contributed by atoms with Crippen LogP contribution >= 0.6 is 11.6 Å². The van der Waals surface area contributed by atoms with Crippen molar-refractivity contribution < 1.29 is 14.0 Å². The number of carbonyl (C=O) groups excluding carboxylic acids is 2. The van der Waals surface area contributed by atoms with Crippen LogP contribution in [0.3, 0.4) is 0 Å². The first kappa shape index (κ1) is 27.0. The molecule has 0 N–H and O–H groups in total. The number of anilines is 1. The zero-order chi connectivity index (χ0) is 28.1. The van der Waals surface area contributed by atoms with Crippen molar-refractivity contribution in [3.63, 3.8) is 0 Å². The summed E-state index contributed by atoms with van der Waals surface area (Å²) in [6.07, 6.45) is 2.78. The molecular weight excluding hydrogens is 525 g/mol. The van der Waals surface area contributed by atoms with Crippen LogP contribution in [0.2, 0.25) is 5.02 Å². The zero-order valence-electron chi connectivity index (χ0n) is 23.1. The van der Waals surface area contributed by atoms with Crippen molar-refractivity contribution in [1.82, 2.24) is 9.80 Å². The van der Waals surface area contributed by atoms with Gasteiger partial charge in [0.25, 0.3) is 0 Å². The van der Waals surface area contributed by atoms with Crippen LogP contribution in [0.5, 0.6) is 0 Å².